The fourth-order valence-corrected chi connectivity index (χ4v) is 2.03. The molecule has 0 aliphatic rings. The van der Waals surface area contributed by atoms with E-state index in [4.69, 9.17) is 13.6 Å². The molecule has 0 aromatic rings. The van der Waals surface area contributed by atoms with Crippen molar-refractivity contribution in [1.82, 2.24) is 0 Å². The molecule has 0 aliphatic carbocycles. The predicted molar refractivity (Wildman–Crippen MR) is 63.1 cm³/mol. The minimum absolute atomic E-state index is 0. The molecule has 0 heterocycles. The van der Waals surface area contributed by atoms with Gasteiger partial charge in [-0.1, -0.05) is 14.0 Å². The van der Waals surface area contributed by atoms with Crippen LogP contribution in [0.3, 0.4) is 0 Å². The van der Waals surface area contributed by atoms with Gasteiger partial charge in [-0.05, 0) is 19.4 Å². The first-order valence-corrected chi connectivity index (χ1v) is 6.26. The van der Waals surface area contributed by atoms with Crippen molar-refractivity contribution in [3.8, 4) is 0 Å². The summed E-state index contributed by atoms with van der Waals surface area (Å²) in [7, 11) is 1.78. The summed E-state index contributed by atoms with van der Waals surface area (Å²) in [5.74, 6) is -0.335. The molecule has 90 valence electrons. The van der Waals surface area contributed by atoms with Crippen molar-refractivity contribution in [2.24, 2.45) is 0 Å². The Morgan fingerprint density at radius 2 is 1.87 bits per heavy atom. The molecular formula is C10H22O4Si. The highest BCUT2D eigenvalue weighted by molar-refractivity contribution is 6.44. The van der Waals surface area contributed by atoms with Crippen molar-refractivity contribution in [2.75, 3.05) is 20.8 Å². The summed E-state index contributed by atoms with van der Waals surface area (Å²) in [6.45, 7) is 5.52. The first kappa shape index (κ1) is 16.8. The molecule has 0 radical (unpaired) electrons. The van der Waals surface area contributed by atoms with Crippen LogP contribution >= 0.6 is 0 Å². The third-order valence-corrected chi connectivity index (χ3v) is 3.62. The van der Waals surface area contributed by atoms with E-state index in [-0.39, 0.29) is 13.4 Å². The zero-order valence-electron chi connectivity index (χ0n) is 9.04. The van der Waals surface area contributed by atoms with Gasteiger partial charge in [-0.2, -0.15) is 0 Å². The quantitative estimate of drug-likeness (QED) is 0.291. The first-order chi connectivity index (χ1) is 6.61. The molecule has 0 fully saturated rings. The summed E-state index contributed by atoms with van der Waals surface area (Å²) in [6, 6.07) is 0.844. The van der Waals surface area contributed by atoms with E-state index < -0.39 is 9.28 Å². The Labute approximate surface area is 94.1 Å². The van der Waals surface area contributed by atoms with E-state index in [0.29, 0.717) is 12.2 Å². The van der Waals surface area contributed by atoms with Crippen LogP contribution in [0.1, 0.15) is 20.8 Å². The largest absolute Gasteiger partial charge is 0.462 e. The topological polar surface area (TPSA) is 44.8 Å². The van der Waals surface area contributed by atoms with Crippen molar-refractivity contribution < 1.29 is 18.4 Å². The zero-order valence-corrected chi connectivity index (χ0v) is 10.2. The van der Waals surface area contributed by atoms with E-state index >= 15 is 0 Å². The van der Waals surface area contributed by atoms with Crippen LogP contribution in [-0.4, -0.2) is 36.1 Å². The van der Waals surface area contributed by atoms with Crippen LogP contribution in [0.4, 0.5) is 0 Å². The van der Waals surface area contributed by atoms with Gasteiger partial charge in [0.2, 0.25) is 0 Å². The van der Waals surface area contributed by atoms with Crippen molar-refractivity contribution >= 4 is 15.3 Å². The third kappa shape index (κ3) is 8.35. The Morgan fingerprint density at radius 3 is 2.27 bits per heavy atom. The summed E-state index contributed by atoms with van der Waals surface area (Å²) in [5.41, 5.74) is 0.428. The van der Waals surface area contributed by atoms with Gasteiger partial charge in [0.25, 0.3) is 0 Å². The molecule has 0 amide bonds. The summed E-state index contributed by atoms with van der Waals surface area (Å²) < 4.78 is 15.1. The molecule has 0 saturated carbocycles. The normalized spacial score (nSPS) is 9.60. The standard InChI is InChI=1S/C9H18O4Si.CH4/c1-8(2)9(10)13-6-5-7-14(11-3)12-4;/h14H,1,5-7H2,2-4H3;1H4. The molecular weight excluding hydrogens is 212 g/mol. The number of hydrogen-bond acceptors (Lipinski definition) is 4. The molecule has 0 N–H and O–H groups in total. The minimum atomic E-state index is -1.49. The Bertz CT molecular complexity index is 190. The van der Waals surface area contributed by atoms with Gasteiger partial charge in [0, 0.05) is 19.8 Å². The van der Waals surface area contributed by atoms with Crippen LogP contribution in [0.15, 0.2) is 12.2 Å². The molecule has 0 rings (SSSR count). The smallest absolute Gasteiger partial charge is 0.333 e. The number of hydrogen-bond donors (Lipinski definition) is 0. The fraction of sp³-hybridized carbons (Fsp3) is 0.700. The fourth-order valence-electron chi connectivity index (χ4n) is 0.870. The Balaban J connectivity index is 0. The van der Waals surface area contributed by atoms with Crippen molar-refractivity contribution in [3.63, 3.8) is 0 Å². The van der Waals surface area contributed by atoms with Crippen LogP contribution in [-0.2, 0) is 18.4 Å². The van der Waals surface area contributed by atoms with Gasteiger partial charge >= 0.3 is 15.3 Å². The molecule has 0 aromatic carbocycles. The van der Waals surface area contributed by atoms with Gasteiger partial charge in [-0.3, -0.25) is 0 Å². The first-order valence-electron chi connectivity index (χ1n) is 4.50. The monoisotopic (exact) mass is 234 g/mol. The molecule has 0 aromatic heterocycles. The average Bonchev–Trinajstić information content (AvgIpc) is 2.17. The summed E-state index contributed by atoms with van der Waals surface area (Å²) in [4.78, 5) is 11.0. The summed E-state index contributed by atoms with van der Waals surface area (Å²) in [5, 5.41) is 0. The van der Waals surface area contributed by atoms with E-state index in [1.165, 1.54) is 0 Å². The van der Waals surface area contributed by atoms with Gasteiger partial charge in [0.1, 0.15) is 0 Å². The lowest BCUT2D eigenvalue weighted by Crippen LogP contribution is -2.19. The lowest BCUT2D eigenvalue weighted by molar-refractivity contribution is -0.138. The summed E-state index contributed by atoms with van der Waals surface area (Å²) in [6.07, 6.45) is 0.775. The molecule has 4 nitrogen and oxygen atoms in total. The maximum Gasteiger partial charge on any atom is 0.333 e. The number of esters is 1. The van der Waals surface area contributed by atoms with E-state index in [2.05, 4.69) is 6.58 Å². The van der Waals surface area contributed by atoms with Crippen molar-refractivity contribution in [1.29, 1.82) is 0 Å². The maximum absolute atomic E-state index is 11.0. The molecule has 0 unspecified atom stereocenters. The van der Waals surface area contributed by atoms with Crippen molar-refractivity contribution in [2.45, 2.75) is 26.8 Å². The lowest BCUT2D eigenvalue weighted by atomic mass is 10.4. The summed E-state index contributed by atoms with van der Waals surface area (Å²) >= 11 is 0. The van der Waals surface area contributed by atoms with E-state index in [1.54, 1.807) is 21.1 Å². The second-order valence-electron chi connectivity index (χ2n) is 2.96. The van der Waals surface area contributed by atoms with Gasteiger partial charge < -0.3 is 13.6 Å². The minimum Gasteiger partial charge on any atom is -0.462 e. The molecule has 0 bridgehead atoms. The van der Waals surface area contributed by atoms with Gasteiger partial charge in [0.05, 0.1) is 6.61 Å². The molecule has 0 saturated heterocycles. The van der Waals surface area contributed by atoms with E-state index in [1.807, 2.05) is 0 Å². The van der Waals surface area contributed by atoms with Crippen LogP contribution in [0, 0.1) is 0 Å². The number of carbonyl (C=O) groups is 1. The molecule has 0 aliphatic heterocycles. The number of rotatable bonds is 7. The number of carbonyl (C=O) groups excluding carboxylic acids is 1. The van der Waals surface area contributed by atoms with Crippen molar-refractivity contribution in [3.05, 3.63) is 12.2 Å². The van der Waals surface area contributed by atoms with Crippen LogP contribution in [0.2, 0.25) is 6.04 Å². The second kappa shape index (κ2) is 9.89. The highest BCUT2D eigenvalue weighted by Crippen LogP contribution is 2.01. The average molecular weight is 234 g/mol. The van der Waals surface area contributed by atoms with Crippen LogP contribution in [0.25, 0.3) is 0 Å². The molecule has 15 heavy (non-hydrogen) atoms. The van der Waals surface area contributed by atoms with Crippen LogP contribution in [0.5, 0.6) is 0 Å². The van der Waals surface area contributed by atoms with E-state index in [0.717, 1.165) is 12.5 Å². The molecule has 0 atom stereocenters. The lowest BCUT2D eigenvalue weighted by Gasteiger charge is -2.10. The Morgan fingerprint density at radius 1 is 1.33 bits per heavy atom. The van der Waals surface area contributed by atoms with Crippen LogP contribution < -0.4 is 0 Å². The van der Waals surface area contributed by atoms with Gasteiger partial charge in [-0.15, -0.1) is 0 Å². The third-order valence-electron chi connectivity index (χ3n) is 1.69. The van der Waals surface area contributed by atoms with E-state index in [9.17, 15) is 4.79 Å². The highest BCUT2D eigenvalue weighted by Gasteiger charge is 2.09. The van der Waals surface area contributed by atoms with Gasteiger partial charge in [0.15, 0.2) is 0 Å². The molecule has 0 spiro atoms. The second-order valence-corrected chi connectivity index (χ2v) is 5.34. The Hall–Kier alpha value is -0.653. The predicted octanol–water partition coefficient (Wildman–Crippen LogP) is 1.65. The Kier molecular flexibility index (Phi) is 11.0. The van der Waals surface area contributed by atoms with Gasteiger partial charge in [-0.25, -0.2) is 4.79 Å². The number of ether oxygens (including phenoxy) is 1. The maximum atomic E-state index is 11.0. The zero-order chi connectivity index (χ0) is 11.0. The highest BCUT2D eigenvalue weighted by atomic mass is 28.3. The SMILES string of the molecule is C.C=C(C)C(=O)OCCC[SiH](OC)OC. The molecule has 5 heteroatoms.